The summed E-state index contributed by atoms with van der Waals surface area (Å²) in [5, 5.41) is 5.20. The normalized spacial score (nSPS) is 13.2. The molecule has 1 amide bonds. The Kier molecular flexibility index (Phi) is 5.57. The van der Waals surface area contributed by atoms with Gasteiger partial charge in [-0.2, -0.15) is 0 Å². The van der Waals surface area contributed by atoms with Crippen LogP contribution in [0.1, 0.15) is 38.7 Å². The van der Waals surface area contributed by atoms with E-state index in [1.807, 2.05) is 54.6 Å². The zero-order valence-electron chi connectivity index (χ0n) is 15.5. The molecule has 0 fully saturated rings. The minimum atomic E-state index is -0.577. The van der Waals surface area contributed by atoms with Crippen LogP contribution in [0.2, 0.25) is 0 Å². The van der Waals surface area contributed by atoms with Gasteiger partial charge in [-0.3, -0.25) is 4.79 Å². The Morgan fingerprint density at radius 1 is 0.962 bits per heavy atom. The van der Waals surface area contributed by atoms with E-state index in [1.165, 1.54) is 0 Å². The molecule has 3 aromatic carbocycles. The average Bonchev–Trinajstić information content (AvgIpc) is 2.67. The molecule has 1 N–H and O–H groups in total. The molecule has 3 heteroatoms. The van der Waals surface area contributed by atoms with E-state index in [9.17, 15) is 4.79 Å². The number of rotatable bonds is 6. The highest BCUT2D eigenvalue weighted by molar-refractivity contribution is 5.96. The quantitative estimate of drug-likeness (QED) is 0.616. The number of carbonyl (C=O) groups is 1. The van der Waals surface area contributed by atoms with Crippen LogP contribution in [0.5, 0.6) is 5.75 Å². The number of carbonyl (C=O) groups excluding carboxylic acids is 1. The van der Waals surface area contributed by atoms with Crippen molar-refractivity contribution in [3.8, 4) is 5.75 Å². The van der Waals surface area contributed by atoms with E-state index in [2.05, 4.69) is 31.3 Å². The molecule has 3 aromatic rings. The number of hydrogen-bond acceptors (Lipinski definition) is 2. The van der Waals surface area contributed by atoms with Crippen molar-refractivity contribution in [1.29, 1.82) is 0 Å². The third-order valence-corrected chi connectivity index (χ3v) is 4.75. The summed E-state index contributed by atoms with van der Waals surface area (Å²) in [6, 6.07) is 21.9. The molecular formula is C23H25NO2. The zero-order valence-corrected chi connectivity index (χ0v) is 15.5. The molecule has 3 nitrogen and oxygen atoms in total. The van der Waals surface area contributed by atoms with Crippen molar-refractivity contribution in [1.82, 2.24) is 0 Å². The molecule has 0 radical (unpaired) electrons. The van der Waals surface area contributed by atoms with E-state index in [0.29, 0.717) is 5.92 Å². The van der Waals surface area contributed by atoms with E-state index < -0.39 is 6.10 Å². The van der Waals surface area contributed by atoms with Gasteiger partial charge in [0.25, 0.3) is 5.91 Å². The molecule has 26 heavy (non-hydrogen) atoms. The van der Waals surface area contributed by atoms with Crippen LogP contribution in [0.3, 0.4) is 0 Å². The molecular weight excluding hydrogens is 322 g/mol. The summed E-state index contributed by atoms with van der Waals surface area (Å²) >= 11 is 0. The lowest BCUT2D eigenvalue weighted by atomic mass is 9.98. The number of fused-ring (bicyclic) bond motifs is 1. The molecule has 134 valence electrons. The predicted molar refractivity (Wildman–Crippen MR) is 108 cm³/mol. The van der Waals surface area contributed by atoms with Crippen molar-refractivity contribution in [2.24, 2.45) is 0 Å². The Morgan fingerprint density at radius 3 is 2.42 bits per heavy atom. The molecule has 3 rings (SSSR count). The molecule has 0 spiro atoms. The number of ether oxygens (including phenoxy) is 1. The lowest BCUT2D eigenvalue weighted by Gasteiger charge is -2.19. The Balaban J connectivity index is 1.71. The van der Waals surface area contributed by atoms with Crippen LogP contribution in [0.15, 0.2) is 66.7 Å². The summed E-state index contributed by atoms with van der Waals surface area (Å²) in [6.45, 7) is 6.10. The molecule has 0 saturated heterocycles. The fourth-order valence-corrected chi connectivity index (χ4v) is 2.97. The number of hydrogen-bond donors (Lipinski definition) is 1. The Labute approximate surface area is 155 Å². The number of para-hydroxylation sites is 1. The van der Waals surface area contributed by atoms with Gasteiger partial charge < -0.3 is 10.1 Å². The number of amides is 1. The second-order valence-corrected chi connectivity index (χ2v) is 6.66. The Bertz CT molecular complexity index is 903. The molecule has 0 saturated carbocycles. The highest BCUT2D eigenvalue weighted by atomic mass is 16.5. The first-order valence-electron chi connectivity index (χ1n) is 9.13. The minimum Gasteiger partial charge on any atom is -0.481 e. The zero-order chi connectivity index (χ0) is 18.5. The largest absolute Gasteiger partial charge is 0.481 e. The van der Waals surface area contributed by atoms with Crippen molar-refractivity contribution < 1.29 is 9.53 Å². The topological polar surface area (TPSA) is 38.3 Å². The fourth-order valence-electron chi connectivity index (χ4n) is 2.97. The number of anilines is 1. The molecule has 0 aliphatic carbocycles. The van der Waals surface area contributed by atoms with Gasteiger partial charge in [-0.05, 0) is 53.8 Å². The van der Waals surface area contributed by atoms with Crippen molar-refractivity contribution in [2.45, 2.75) is 39.2 Å². The van der Waals surface area contributed by atoms with Crippen molar-refractivity contribution in [3.63, 3.8) is 0 Å². The van der Waals surface area contributed by atoms with E-state index in [4.69, 9.17) is 4.74 Å². The first-order valence-corrected chi connectivity index (χ1v) is 9.13. The Morgan fingerprint density at radius 2 is 1.65 bits per heavy atom. The lowest BCUT2D eigenvalue weighted by molar-refractivity contribution is -0.122. The molecule has 2 unspecified atom stereocenters. The maximum atomic E-state index is 12.6. The fraction of sp³-hybridized carbons (Fsp3) is 0.261. The van der Waals surface area contributed by atoms with Crippen LogP contribution in [0, 0.1) is 0 Å². The summed E-state index contributed by atoms with van der Waals surface area (Å²) in [7, 11) is 0. The van der Waals surface area contributed by atoms with Crippen LogP contribution in [-0.2, 0) is 4.79 Å². The molecule has 0 aliphatic rings. The molecule has 0 heterocycles. The summed E-state index contributed by atoms with van der Waals surface area (Å²) < 4.78 is 5.98. The predicted octanol–water partition coefficient (Wildman–Crippen LogP) is 5.76. The van der Waals surface area contributed by atoms with E-state index >= 15 is 0 Å². The maximum absolute atomic E-state index is 12.6. The van der Waals surface area contributed by atoms with Gasteiger partial charge in [-0.15, -0.1) is 0 Å². The summed E-state index contributed by atoms with van der Waals surface area (Å²) in [5.74, 6) is 1.02. The van der Waals surface area contributed by atoms with Gasteiger partial charge in [0.1, 0.15) is 5.75 Å². The van der Waals surface area contributed by atoms with Gasteiger partial charge in [0.15, 0.2) is 6.10 Å². The lowest BCUT2D eigenvalue weighted by Crippen LogP contribution is -2.30. The third-order valence-electron chi connectivity index (χ3n) is 4.75. The summed E-state index contributed by atoms with van der Waals surface area (Å²) in [5.41, 5.74) is 1.92. The van der Waals surface area contributed by atoms with E-state index in [1.54, 1.807) is 6.92 Å². The van der Waals surface area contributed by atoms with Crippen LogP contribution in [0.25, 0.3) is 10.8 Å². The molecule has 0 aromatic heterocycles. The first-order chi connectivity index (χ1) is 12.6. The Hall–Kier alpha value is -2.81. The number of benzene rings is 3. The summed E-state index contributed by atoms with van der Waals surface area (Å²) in [4.78, 5) is 12.6. The van der Waals surface area contributed by atoms with Gasteiger partial charge in [-0.25, -0.2) is 0 Å². The van der Waals surface area contributed by atoms with Crippen LogP contribution >= 0.6 is 0 Å². The third kappa shape index (κ3) is 4.05. The van der Waals surface area contributed by atoms with E-state index in [0.717, 1.165) is 34.2 Å². The highest BCUT2D eigenvalue weighted by Gasteiger charge is 2.18. The standard InChI is InChI=1S/C23H25NO2/c1-4-16(2)21-11-7-8-12-22(21)26-17(3)23(25)24-20-14-13-18-9-5-6-10-19(18)15-20/h5-17H,4H2,1-3H3,(H,24,25). The van der Waals surface area contributed by atoms with Gasteiger partial charge in [-0.1, -0.05) is 62.4 Å². The van der Waals surface area contributed by atoms with Crippen molar-refractivity contribution >= 4 is 22.4 Å². The van der Waals surface area contributed by atoms with Gasteiger partial charge >= 0.3 is 0 Å². The SMILES string of the molecule is CCC(C)c1ccccc1OC(C)C(=O)Nc1ccc2ccccc2c1. The highest BCUT2D eigenvalue weighted by Crippen LogP contribution is 2.29. The van der Waals surface area contributed by atoms with Crippen molar-refractivity contribution in [3.05, 3.63) is 72.3 Å². The number of nitrogens with one attached hydrogen (secondary N) is 1. The summed E-state index contributed by atoms with van der Waals surface area (Å²) in [6.07, 6.45) is 0.449. The first kappa shape index (κ1) is 18.0. The van der Waals surface area contributed by atoms with Gasteiger partial charge in [0.2, 0.25) is 0 Å². The molecule has 0 aliphatic heterocycles. The van der Waals surface area contributed by atoms with Crippen LogP contribution in [-0.4, -0.2) is 12.0 Å². The van der Waals surface area contributed by atoms with Gasteiger partial charge in [0.05, 0.1) is 0 Å². The smallest absolute Gasteiger partial charge is 0.265 e. The molecule has 0 bridgehead atoms. The van der Waals surface area contributed by atoms with Crippen LogP contribution < -0.4 is 10.1 Å². The average molecular weight is 347 g/mol. The van der Waals surface area contributed by atoms with Crippen LogP contribution in [0.4, 0.5) is 5.69 Å². The van der Waals surface area contributed by atoms with Gasteiger partial charge in [0, 0.05) is 5.69 Å². The monoisotopic (exact) mass is 347 g/mol. The second-order valence-electron chi connectivity index (χ2n) is 6.66. The molecule has 2 atom stereocenters. The maximum Gasteiger partial charge on any atom is 0.265 e. The van der Waals surface area contributed by atoms with Crippen molar-refractivity contribution in [2.75, 3.05) is 5.32 Å². The minimum absolute atomic E-state index is 0.153. The second kappa shape index (κ2) is 8.05. The van der Waals surface area contributed by atoms with E-state index in [-0.39, 0.29) is 5.91 Å².